The first-order valence-corrected chi connectivity index (χ1v) is 8.87. The van der Waals surface area contributed by atoms with E-state index in [1.165, 1.54) is 50.8 Å². The molecule has 1 heterocycles. The molecule has 0 aromatic heterocycles. The second-order valence-electron chi connectivity index (χ2n) is 7.14. The summed E-state index contributed by atoms with van der Waals surface area (Å²) in [5.41, 5.74) is 1.75. The van der Waals surface area contributed by atoms with Crippen LogP contribution in [0.25, 0.3) is 0 Å². The van der Waals surface area contributed by atoms with Gasteiger partial charge in [-0.3, -0.25) is 4.79 Å². The largest absolute Gasteiger partial charge is 0.355 e. The standard InChI is InChI=1S/C19H27FN2O/c1-14-10-17(20)7-6-16(14)11-19(23)21-12-15-8-9-22(13-15)18-4-2-3-5-18/h6-7,10,15,18H,2-5,8-9,11-13H2,1H3,(H,21,23). The number of halogens is 1. The Labute approximate surface area is 138 Å². The van der Waals surface area contributed by atoms with Crippen molar-refractivity contribution in [3.63, 3.8) is 0 Å². The van der Waals surface area contributed by atoms with Gasteiger partial charge in [-0.05, 0) is 61.9 Å². The van der Waals surface area contributed by atoms with Crippen molar-refractivity contribution in [3.8, 4) is 0 Å². The highest BCUT2D eigenvalue weighted by Gasteiger charge is 2.29. The molecular formula is C19H27FN2O. The van der Waals surface area contributed by atoms with Crippen LogP contribution < -0.4 is 5.32 Å². The van der Waals surface area contributed by atoms with E-state index in [0.717, 1.165) is 30.3 Å². The number of aryl methyl sites for hydroxylation is 1. The number of rotatable bonds is 5. The summed E-state index contributed by atoms with van der Waals surface area (Å²) < 4.78 is 13.1. The summed E-state index contributed by atoms with van der Waals surface area (Å²) in [6.07, 6.45) is 6.97. The van der Waals surface area contributed by atoms with Crippen LogP contribution in [0.1, 0.15) is 43.2 Å². The van der Waals surface area contributed by atoms with Crippen molar-refractivity contribution in [1.82, 2.24) is 10.2 Å². The summed E-state index contributed by atoms with van der Waals surface area (Å²) in [7, 11) is 0. The lowest BCUT2D eigenvalue weighted by Crippen LogP contribution is -2.34. The lowest BCUT2D eigenvalue weighted by molar-refractivity contribution is -0.120. The predicted molar refractivity (Wildman–Crippen MR) is 89.8 cm³/mol. The van der Waals surface area contributed by atoms with Gasteiger partial charge >= 0.3 is 0 Å². The van der Waals surface area contributed by atoms with Crippen LogP contribution in [0.4, 0.5) is 4.39 Å². The molecule has 0 radical (unpaired) electrons. The molecule has 1 amide bonds. The van der Waals surface area contributed by atoms with Crippen molar-refractivity contribution in [1.29, 1.82) is 0 Å². The molecule has 1 saturated carbocycles. The molecule has 0 bridgehead atoms. The molecule has 126 valence electrons. The normalized spacial score (nSPS) is 22.6. The SMILES string of the molecule is Cc1cc(F)ccc1CC(=O)NCC1CCN(C2CCCC2)C1. The molecule has 1 aliphatic carbocycles. The number of nitrogens with zero attached hydrogens (tertiary/aromatic N) is 1. The molecular weight excluding hydrogens is 291 g/mol. The van der Waals surface area contributed by atoms with Gasteiger partial charge in [0.25, 0.3) is 0 Å². The van der Waals surface area contributed by atoms with E-state index in [1.54, 1.807) is 6.07 Å². The van der Waals surface area contributed by atoms with Crippen LogP contribution in [0.5, 0.6) is 0 Å². The van der Waals surface area contributed by atoms with E-state index < -0.39 is 0 Å². The third kappa shape index (κ3) is 4.31. The Hall–Kier alpha value is -1.42. The van der Waals surface area contributed by atoms with Crippen LogP contribution in [0.3, 0.4) is 0 Å². The molecule has 2 fully saturated rings. The van der Waals surface area contributed by atoms with Gasteiger partial charge in [0.15, 0.2) is 0 Å². The minimum atomic E-state index is -0.246. The smallest absolute Gasteiger partial charge is 0.224 e. The highest BCUT2D eigenvalue weighted by atomic mass is 19.1. The lowest BCUT2D eigenvalue weighted by Gasteiger charge is -2.23. The van der Waals surface area contributed by atoms with Gasteiger partial charge in [-0.2, -0.15) is 0 Å². The number of nitrogens with one attached hydrogen (secondary N) is 1. The van der Waals surface area contributed by atoms with Gasteiger partial charge in [-0.15, -0.1) is 0 Å². The summed E-state index contributed by atoms with van der Waals surface area (Å²) in [5, 5.41) is 3.07. The molecule has 1 aliphatic heterocycles. The van der Waals surface area contributed by atoms with E-state index in [9.17, 15) is 9.18 Å². The highest BCUT2D eigenvalue weighted by Crippen LogP contribution is 2.28. The second kappa shape index (κ2) is 7.43. The maximum Gasteiger partial charge on any atom is 0.224 e. The average Bonchev–Trinajstić information content (AvgIpc) is 3.18. The Morgan fingerprint density at radius 1 is 1.30 bits per heavy atom. The molecule has 2 aliphatic rings. The first-order valence-electron chi connectivity index (χ1n) is 8.87. The predicted octanol–water partition coefficient (Wildman–Crippen LogP) is 3.06. The van der Waals surface area contributed by atoms with Crippen LogP contribution in [-0.4, -0.2) is 36.5 Å². The number of hydrogen-bond acceptors (Lipinski definition) is 2. The zero-order valence-electron chi connectivity index (χ0n) is 14.0. The quantitative estimate of drug-likeness (QED) is 0.905. The topological polar surface area (TPSA) is 32.3 Å². The molecule has 1 N–H and O–H groups in total. The average molecular weight is 318 g/mol. The number of likely N-dealkylation sites (tertiary alicyclic amines) is 1. The van der Waals surface area contributed by atoms with Crippen LogP contribution in [0, 0.1) is 18.7 Å². The van der Waals surface area contributed by atoms with Crippen molar-refractivity contribution in [3.05, 3.63) is 35.1 Å². The summed E-state index contributed by atoms with van der Waals surface area (Å²) in [4.78, 5) is 14.7. The van der Waals surface area contributed by atoms with Crippen LogP contribution in [0.2, 0.25) is 0 Å². The van der Waals surface area contributed by atoms with Gasteiger partial charge in [0, 0.05) is 19.1 Å². The summed E-state index contributed by atoms with van der Waals surface area (Å²) in [6.45, 7) is 4.92. The van der Waals surface area contributed by atoms with E-state index in [2.05, 4.69) is 10.2 Å². The van der Waals surface area contributed by atoms with Crippen molar-refractivity contribution >= 4 is 5.91 Å². The molecule has 3 rings (SSSR count). The maximum absolute atomic E-state index is 13.1. The molecule has 1 aromatic rings. The summed E-state index contributed by atoms with van der Waals surface area (Å²) >= 11 is 0. The van der Waals surface area contributed by atoms with Gasteiger partial charge in [0.2, 0.25) is 5.91 Å². The van der Waals surface area contributed by atoms with Gasteiger partial charge < -0.3 is 10.2 Å². The molecule has 1 unspecified atom stereocenters. The number of hydrogen-bond donors (Lipinski definition) is 1. The minimum absolute atomic E-state index is 0.0408. The fourth-order valence-corrected chi connectivity index (χ4v) is 3.98. The highest BCUT2D eigenvalue weighted by molar-refractivity contribution is 5.78. The monoisotopic (exact) mass is 318 g/mol. The molecule has 4 heteroatoms. The first kappa shape index (κ1) is 16.4. The molecule has 3 nitrogen and oxygen atoms in total. The summed E-state index contributed by atoms with van der Waals surface area (Å²) in [5.74, 6) is 0.373. The van der Waals surface area contributed by atoms with Gasteiger partial charge in [0.1, 0.15) is 5.82 Å². The minimum Gasteiger partial charge on any atom is -0.355 e. The molecule has 1 saturated heterocycles. The van der Waals surface area contributed by atoms with Gasteiger partial charge in [0.05, 0.1) is 6.42 Å². The van der Waals surface area contributed by atoms with E-state index in [1.807, 2.05) is 6.92 Å². The Balaban J connectivity index is 1.42. The molecule has 1 atom stereocenters. The fraction of sp³-hybridized carbons (Fsp3) is 0.632. The third-order valence-corrected chi connectivity index (χ3v) is 5.40. The Kier molecular flexibility index (Phi) is 5.31. The van der Waals surface area contributed by atoms with Crippen LogP contribution in [0.15, 0.2) is 18.2 Å². The van der Waals surface area contributed by atoms with Crippen LogP contribution >= 0.6 is 0 Å². The van der Waals surface area contributed by atoms with Gasteiger partial charge in [-0.1, -0.05) is 18.9 Å². The first-order chi connectivity index (χ1) is 11.1. The van der Waals surface area contributed by atoms with Crippen molar-refractivity contribution in [2.45, 2.75) is 51.5 Å². The maximum atomic E-state index is 13.1. The van der Waals surface area contributed by atoms with E-state index in [0.29, 0.717) is 12.3 Å². The lowest BCUT2D eigenvalue weighted by atomic mass is 10.0. The van der Waals surface area contributed by atoms with Crippen molar-refractivity contribution in [2.75, 3.05) is 19.6 Å². The second-order valence-corrected chi connectivity index (χ2v) is 7.14. The van der Waals surface area contributed by atoms with E-state index in [-0.39, 0.29) is 11.7 Å². The van der Waals surface area contributed by atoms with E-state index >= 15 is 0 Å². The number of benzene rings is 1. The molecule has 1 aromatic carbocycles. The third-order valence-electron chi connectivity index (χ3n) is 5.40. The van der Waals surface area contributed by atoms with Crippen molar-refractivity contribution < 1.29 is 9.18 Å². The van der Waals surface area contributed by atoms with Crippen molar-refractivity contribution in [2.24, 2.45) is 5.92 Å². The Morgan fingerprint density at radius 3 is 2.83 bits per heavy atom. The van der Waals surface area contributed by atoms with E-state index in [4.69, 9.17) is 0 Å². The number of carbonyl (C=O) groups is 1. The zero-order chi connectivity index (χ0) is 16.2. The molecule has 23 heavy (non-hydrogen) atoms. The number of carbonyl (C=O) groups excluding carboxylic acids is 1. The Bertz CT molecular complexity index is 554. The Morgan fingerprint density at radius 2 is 2.09 bits per heavy atom. The fourth-order valence-electron chi connectivity index (χ4n) is 3.98. The van der Waals surface area contributed by atoms with Gasteiger partial charge in [-0.25, -0.2) is 4.39 Å². The van der Waals surface area contributed by atoms with Crippen LogP contribution in [-0.2, 0) is 11.2 Å². The summed E-state index contributed by atoms with van der Waals surface area (Å²) in [6, 6.07) is 5.41. The molecule has 0 spiro atoms. The number of amides is 1. The zero-order valence-corrected chi connectivity index (χ0v) is 14.0.